The van der Waals surface area contributed by atoms with Crippen LogP contribution in [-0.2, 0) is 21.9 Å². The molecule has 1 atom stereocenters. The number of carbonyl (C=O) groups is 2. The Bertz CT molecular complexity index is 1260. The first-order valence-electron chi connectivity index (χ1n) is 11.3. The van der Waals surface area contributed by atoms with Gasteiger partial charge in [-0.25, -0.2) is 0 Å². The largest absolute Gasteiger partial charge is 0.481 e. The molecule has 1 unspecified atom stereocenters. The van der Waals surface area contributed by atoms with Crippen LogP contribution in [0, 0.1) is 5.92 Å². The van der Waals surface area contributed by atoms with Crippen LogP contribution in [0.15, 0.2) is 39.7 Å². The molecule has 0 spiro atoms. The minimum atomic E-state index is -4.99. The summed E-state index contributed by atoms with van der Waals surface area (Å²) in [6.45, 7) is 2.10. The standard InChI is InChI=1S/C24H20F6N2O4S2/c25-23(26,27)15-7-14(8-16(9-15)24(28,29)30)18-2-1-17(36-18)10-19-21(35)32(22(37)38-19)12-13-3-5-31(11-13)6-4-20(33)34/h1-2,7-10,13H,3-6,11-12H2,(H,33,34)/b19-10-. The van der Waals surface area contributed by atoms with E-state index >= 15 is 0 Å². The Morgan fingerprint density at radius 1 is 1.13 bits per heavy atom. The van der Waals surface area contributed by atoms with Crippen molar-refractivity contribution in [3.8, 4) is 11.3 Å². The van der Waals surface area contributed by atoms with Crippen molar-refractivity contribution in [2.45, 2.75) is 25.2 Å². The number of alkyl halides is 6. The van der Waals surface area contributed by atoms with E-state index in [1.54, 1.807) is 0 Å². The number of hydrogen-bond acceptors (Lipinski definition) is 6. The maximum absolute atomic E-state index is 13.2. The Hall–Kier alpha value is -2.84. The zero-order valence-corrected chi connectivity index (χ0v) is 21.1. The number of thiocarbonyl (C=S) groups is 1. The van der Waals surface area contributed by atoms with Crippen LogP contribution in [0.3, 0.4) is 0 Å². The van der Waals surface area contributed by atoms with Gasteiger partial charge in [-0.3, -0.25) is 14.5 Å². The molecule has 2 fully saturated rings. The lowest BCUT2D eigenvalue weighted by Crippen LogP contribution is -2.34. The first kappa shape index (κ1) is 28.2. The van der Waals surface area contributed by atoms with Gasteiger partial charge >= 0.3 is 18.3 Å². The van der Waals surface area contributed by atoms with Crippen molar-refractivity contribution in [2.24, 2.45) is 5.92 Å². The summed E-state index contributed by atoms with van der Waals surface area (Å²) in [5, 5.41) is 8.84. The summed E-state index contributed by atoms with van der Waals surface area (Å²) in [7, 11) is 0. The van der Waals surface area contributed by atoms with Gasteiger partial charge in [0.2, 0.25) is 0 Å². The van der Waals surface area contributed by atoms with Gasteiger partial charge in [-0.2, -0.15) is 26.3 Å². The number of nitrogens with zero attached hydrogens (tertiary/aromatic N) is 2. The number of hydrogen-bond donors (Lipinski definition) is 1. The summed E-state index contributed by atoms with van der Waals surface area (Å²) < 4.78 is 84.9. The van der Waals surface area contributed by atoms with Crippen LogP contribution in [0.1, 0.15) is 29.7 Å². The molecule has 2 aromatic rings. The van der Waals surface area contributed by atoms with Gasteiger partial charge in [-0.15, -0.1) is 0 Å². The molecule has 204 valence electrons. The Balaban J connectivity index is 1.49. The van der Waals surface area contributed by atoms with Crippen LogP contribution in [0.25, 0.3) is 17.4 Å². The third kappa shape index (κ3) is 6.59. The Morgan fingerprint density at radius 3 is 2.39 bits per heavy atom. The highest BCUT2D eigenvalue weighted by Gasteiger charge is 2.38. The molecule has 1 amide bonds. The lowest BCUT2D eigenvalue weighted by molar-refractivity contribution is -0.143. The lowest BCUT2D eigenvalue weighted by Gasteiger charge is -2.20. The molecule has 2 saturated heterocycles. The maximum atomic E-state index is 13.2. The summed E-state index contributed by atoms with van der Waals surface area (Å²) in [5.74, 6) is -1.33. The molecule has 0 radical (unpaired) electrons. The molecule has 4 rings (SSSR count). The number of halogens is 6. The van der Waals surface area contributed by atoms with Crippen molar-refractivity contribution < 1.29 is 45.5 Å². The maximum Gasteiger partial charge on any atom is 0.416 e. The number of benzene rings is 1. The SMILES string of the molecule is O=C(O)CCN1CCC(CN2C(=O)/C(=C/c3ccc(-c4cc(C(F)(F)F)cc(C(F)(F)F)c4)o3)SC2=S)C1. The predicted molar refractivity (Wildman–Crippen MR) is 131 cm³/mol. The highest BCUT2D eigenvalue weighted by Crippen LogP contribution is 2.40. The normalized spacial score (nSPS) is 20.2. The number of carbonyl (C=O) groups excluding carboxylic acids is 1. The van der Waals surface area contributed by atoms with E-state index in [0.717, 1.165) is 18.2 Å². The molecule has 1 N–H and O–H groups in total. The van der Waals surface area contributed by atoms with E-state index in [1.165, 1.54) is 23.1 Å². The molecule has 14 heteroatoms. The zero-order chi connectivity index (χ0) is 27.8. The molecule has 1 aromatic carbocycles. The summed E-state index contributed by atoms with van der Waals surface area (Å²) in [6.07, 6.45) is -7.85. The average molecular weight is 579 g/mol. The van der Waals surface area contributed by atoms with Crippen LogP contribution in [-0.4, -0.2) is 57.3 Å². The monoisotopic (exact) mass is 578 g/mol. The third-order valence-electron chi connectivity index (χ3n) is 6.10. The fourth-order valence-electron chi connectivity index (χ4n) is 4.25. The first-order chi connectivity index (χ1) is 17.7. The lowest BCUT2D eigenvalue weighted by atomic mass is 10.0. The van der Waals surface area contributed by atoms with Gasteiger partial charge in [-0.1, -0.05) is 24.0 Å². The molecular formula is C24H20F6N2O4S2. The van der Waals surface area contributed by atoms with Crippen LogP contribution in [0.2, 0.25) is 0 Å². The van der Waals surface area contributed by atoms with E-state index in [-0.39, 0.29) is 40.7 Å². The van der Waals surface area contributed by atoms with Gasteiger partial charge in [-0.05, 0) is 49.2 Å². The van der Waals surface area contributed by atoms with Crippen molar-refractivity contribution in [3.05, 3.63) is 52.1 Å². The number of likely N-dealkylation sites (tertiary alicyclic amines) is 1. The molecular weight excluding hydrogens is 558 g/mol. The van der Waals surface area contributed by atoms with Crippen LogP contribution in [0.4, 0.5) is 26.3 Å². The van der Waals surface area contributed by atoms with Crippen molar-refractivity contribution in [2.75, 3.05) is 26.2 Å². The predicted octanol–water partition coefficient (Wildman–Crippen LogP) is 5.98. The van der Waals surface area contributed by atoms with E-state index < -0.39 is 35.0 Å². The Labute approximate surface area is 222 Å². The summed E-state index contributed by atoms with van der Waals surface area (Å²) in [5.41, 5.74) is -3.34. The first-order valence-corrected chi connectivity index (χ1v) is 12.5. The third-order valence-corrected chi connectivity index (χ3v) is 7.48. The van der Waals surface area contributed by atoms with E-state index in [1.807, 2.05) is 4.90 Å². The van der Waals surface area contributed by atoms with Crippen molar-refractivity contribution in [3.63, 3.8) is 0 Å². The molecule has 2 aliphatic rings. The smallest absolute Gasteiger partial charge is 0.416 e. The minimum Gasteiger partial charge on any atom is -0.481 e. The molecule has 2 aliphatic heterocycles. The van der Waals surface area contributed by atoms with Crippen LogP contribution in [0.5, 0.6) is 0 Å². The number of carboxylic acids is 1. The number of furan rings is 1. The number of aliphatic carboxylic acids is 1. The van der Waals surface area contributed by atoms with E-state index in [0.29, 0.717) is 42.6 Å². The minimum absolute atomic E-state index is 0.0274. The van der Waals surface area contributed by atoms with Gasteiger partial charge in [0.15, 0.2) is 0 Å². The summed E-state index contributed by atoms with van der Waals surface area (Å²) >= 11 is 6.34. The van der Waals surface area contributed by atoms with E-state index in [2.05, 4.69) is 0 Å². The molecule has 3 heterocycles. The molecule has 38 heavy (non-hydrogen) atoms. The second-order valence-corrected chi connectivity index (χ2v) is 10.6. The van der Waals surface area contributed by atoms with Gasteiger partial charge in [0.05, 0.1) is 22.5 Å². The van der Waals surface area contributed by atoms with Crippen LogP contribution < -0.4 is 0 Å². The highest BCUT2D eigenvalue weighted by atomic mass is 32.2. The van der Waals surface area contributed by atoms with Crippen LogP contribution >= 0.6 is 24.0 Å². The molecule has 0 aliphatic carbocycles. The van der Waals surface area contributed by atoms with Crippen molar-refractivity contribution >= 4 is 46.3 Å². The van der Waals surface area contributed by atoms with Gasteiger partial charge in [0, 0.05) is 31.3 Å². The van der Waals surface area contributed by atoms with Gasteiger partial charge < -0.3 is 14.4 Å². The van der Waals surface area contributed by atoms with Gasteiger partial charge in [0.1, 0.15) is 15.8 Å². The van der Waals surface area contributed by atoms with Gasteiger partial charge in [0.25, 0.3) is 5.91 Å². The molecule has 1 aromatic heterocycles. The van der Waals surface area contributed by atoms with Crippen molar-refractivity contribution in [1.29, 1.82) is 0 Å². The number of thioether (sulfide) groups is 1. The van der Waals surface area contributed by atoms with Crippen molar-refractivity contribution in [1.82, 2.24) is 9.80 Å². The fraction of sp³-hybridized carbons (Fsp3) is 0.375. The Kier molecular flexibility index (Phi) is 7.96. The number of amides is 1. The molecule has 0 saturated carbocycles. The van der Waals surface area contributed by atoms with E-state index in [4.69, 9.17) is 21.7 Å². The Morgan fingerprint density at radius 2 is 1.79 bits per heavy atom. The zero-order valence-electron chi connectivity index (χ0n) is 19.4. The second kappa shape index (κ2) is 10.7. The average Bonchev–Trinajstić information content (AvgIpc) is 3.53. The molecule has 6 nitrogen and oxygen atoms in total. The second-order valence-electron chi connectivity index (χ2n) is 8.89. The fourth-order valence-corrected chi connectivity index (χ4v) is 5.50. The number of rotatable bonds is 7. The number of carboxylic acid groups (broad SMARTS) is 1. The molecule has 0 bridgehead atoms. The topological polar surface area (TPSA) is 74.0 Å². The summed E-state index contributed by atoms with van der Waals surface area (Å²) in [4.78, 5) is 27.4. The summed E-state index contributed by atoms with van der Waals surface area (Å²) in [6, 6.07) is 3.74. The van der Waals surface area contributed by atoms with E-state index in [9.17, 15) is 35.9 Å². The quantitative estimate of drug-likeness (QED) is 0.246. The highest BCUT2D eigenvalue weighted by molar-refractivity contribution is 8.26.